The highest BCUT2D eigenvalue weighted by Gasteiger charge is 2.27. The van der Waals surface area contributed by atoms with Gasteiger partial charge in [-0.15, -0.1) is 0 Å². The maximum absolute atomic E-state index is 6.41. The molecule has 1 aliphatic carbocycles. The second-order valence-electron chi connectivity index (χ2n) is 5.50. The van der Waals surface area contributed by atoms with Crippen LogP contribution in [0.15, 0.2) is 6.20 Å². The van der Waals surface area contributed by atoms with E-state index < -0.39 is 0 Å². The van der Waals surface area contributed by atoms with E-state index in [0.717, 1.165) is 11.7 Å². The van der Waals surface area contributed by atoms with Crippen molar-refractivity contribution in [1.29, 1.82) is 0 Å². The summed E-state index contributed by atoms with van der Waals surface area (Å²) in [6, 6.07) is 0.166. The van der Waals surface area contributed by atoms with Gasteiger partial charge in [0.15, 0.2) is 0 Å². The molecule has 1 aromatic rings. The first-order valence-corrected chi connectivity index (χ1v) is 6.87. The van der Waals surface area contributed by atoms with Crippen LogP contribution in [-0.2, 0) is 7.05 Å². The lowest BCUT2D eigenvalue weighted by Gasteiger charge is -2.31. The molecule has 0 saturated heterocycles. The molecule has 3 heteroatoms. The molecule has 0 spiro atoms. The Hall–Kier alpha value is -0.830. The summed E-state index contributed by atoms with van der Waals surface area (Å²) in [4.78, 5) is 4.35. The SMILES string of the molecule is CCC1CCC(C(N)c2cnc(C)n2C)CC1. The number of nitrogens with zero attached hydrogens (tertiary/aromatic N) is 2. The highest BCUT2D eigenvalue weighted by atomic mass is 15.1. The van der Waals surface area contributed by atoms with Crippen molar-refractivity contribution in [2.24, 2.45) is 24.6 Å². The second-order valence-corrected chi connectivity index (χ2v) is 5.50. The average molecular weight is 235 g/mol. The van der Waals surface area contributed by atoms with Crippen LogP contribution in [0.3, 0.4) is 0 Å². The molecule has 1 saturated carbocycles. The van der Waals surface area contributed by atoms with Crippen molar-refractivity contribution >= 4 is 0 Å². The maximum atomic E-state index is 6.41. The third-order valence-corrected chi connectivity index (χ3v) is 4.57. The van der Waals surface area contributed by atoms with Gasteiger partial charge in [0.2, 0.25) is 0 Å². The van der Waals surface area contributed by atoms with E-state index in [0.29, 0.717) is 5.92 Å². The minimum Gasteiger partial charge on any atom is -0.334 e. The number of aryl methyl sites for hydroxylation is 1. The zero-order valence-electron chi connectivity index (χ0n) is 11.3. The topological polar surface area (TPSA) is 43.8 Å². The standard InChI is InChI=1S/C14H25N3/c1-4-11-5-7-12(8-6-11)14(15)13-9-16-10(2)17(13)3/h9,11-12,14H,4-8,15H2,1-3H3. The molecule has 0 aromatic carbocycles. The van der Waals surface area contributed by atoms with Crippen LogP contribution in [0, 0.1) is 18.8 Å². The van der Waals surface area contributed by atoms with Crippen LogP contribution in [0.2, 0.25) is 0 Å². The van der Waals surface area contributed by atoms with Crippen molar-refractivity contribution in [1.82, 2.24) is 9.55 Å². The average Bonchev–Trinajstić information content (AvgIpc) is 2.69. The van der Waals surface area contributed by atoms with Gasteiger partial charge in [0.25, 0.3) is 0 Å². The number of hydrogen-bond donors (Lipinski definition) is 1. The molecule has 0 radical (unpaired) electrons. The van der Waals surface area contributed by atoms with Crippen LogP contribution >= 0.6 is 0 Å². The Labute approximate surface area is 104 Å². The van der Waals surface area contributed by atoms with E-state index in [-0.39, 0.29) is 6.04 Å². The van der Waals surface area contributed by atoms with Crippen LogP contribution in [0.5, 0.6) is 0 Å². The normalized spacial score (nSPS) is 27.1. The minimum atomic E-state index is 0.166. The van der Waals surface area contributed by atoms with Gasteiger partial charge in [-0.1, -0.05) is 26.2 Å². The smallest absolute Gasteiger partial charge is 0.105 e. The molecule has 1 aliphatic rings. The molecule has 1 aromatic heterocycles. The summed E-state index contributed by atoms with van der Waals surface area (Å²) >= 11 is 0. The fraction of sp³-hybridized carbons (Fsp3) is 0.786. The summed E-state index contributed by atoms with van der Waals surface area (Å²) < 4.78 is 2.14. The summed E-state index contributed by atoms with van der Waals surface area (Å²) in [5, 5.41) is 0. The maximum Gasteiger partial charge on any atom is 0.105 e. The van der Waals surface area contributed by atoms with E-state index in [2.05, 4.69) is 23.5 Å². The van der Waals surface area contributed by atoms with E-state index in [9.17, 15) is 0 Å². The highest BCUT2D eigenvalue weighted by Crippen LogP contribution is 2.36. The van der Waals surface area contributed by atoms with Crippen molar-refractivity contribution in [3.8, 4) is 0 Å². The summed E-state index contributed by atoms with van der Waals surface area (Å²) in [5.41, 5.74) is 7.61. The molecular formula is C14H25N3. The predicted octanol–water partition coefficient (Wildman–Crippen LogP) is 2.94. The number of rotatable bonds is 3. The fourth-order valence-electron chi connectivity index (χ4n) is 3.03. The van der Waals surface area contributed by atoms with Gasteiger partial charge in [0.05, 0.1) is 11.9 Å². The van der Waals surface area contributed by atoms with Crippen LogP contribution in [0.1, 0.15) is 56.6 Å². The Morgan fingerprint density at radius 2 is 2.06 bits per heavy atom. The van der Waals surface area contributed by atoms with E-state index >= 15 is 0 Å². The van der Waals surface area contributed by atoms with Crippen LogP contribution in [-0.4, -0.2) is 9.55 Å². The lowest BCUT2D eigenvalue weighted by Crippen LogP contribution is -2.27. The second kappa shape index (κ2) is 5.21. The molecule has 0 amide bonds. The Balaban J connectivity index is 2.01. The number of imidazole rings is 1. The van der Waals surface area contributed by atoms with Crippen molar-refractivity contribution in [2.75, 3.05) is 0 Å². The molecular weight excluding hydrogens is 210 g/mol. The molecule has 2 N–H and O–H groups in total. The fourth-order valence-corrected chi connectivity index (χ4v) is 3.03. The highest BCUT2D eigenvalue weighted by molar-refractivity contribution is 5.10. The van der Waals surface area contributed by atoms with Crippen molar-refractivity contribution in [3.63, 3.8) is 0 Å². The van der Waals surface area contributed by atoms with Crippen LogP contribution < -0.4 is 5.73 Å². The largest absolute Gasteiger partial charge is 0.334 e. The Kier molecular flexibility index (Phi) is 3.87. The van der Waals surface area contributed by atoms with Gasteiger partial charge in [0.1, 0.15) is 5.82 Å². The van der Waals surface area contributed by atoms with Gasteiger partial charge < -0.3 is 10.3 Å². The first-order chi connectivity index (χ1) is 8.13. The molecule has 2 rings (SSSR count). The lowest BCUT2D eigenvalue weighted by atomic mass is 9.77. The van der Waals surface area contributed by atoms with Crippen LogP contribution in [0.25, 0.3) is 0 Å². The molecule has 1 heterocycles. The number of nitrogens with two attached hydrogens (primary N) is 1. The Morgan fingerprint density at radius 3 is 2.53 bits per heavy atom. The molecule has 96 valence electrons. The van der Waals surface area contributed by atoms with Crippen LogP contribution in [0.4, 0.5) is 0 Å². The van der Waals surface area contributed by atoms with Gasteiger partial charge in [-0.3, -0.25) is 0 Å². The third-order valence-electron chi connectivity index (χ3n) is 4.57. The number of hydrogen-bond acceptors (Lipinski definition) is 2. The van der Waals surface area contributed by atoms with Crippen molar-refractivity contribution in [3.05, 3.63) is 17.7 Å². The molecule has 1 unspecified atom stereocenters. The minimum absolute atomic E-state index is 0.166. The lowest BCUT2D eigenvalue weighted by molar-refractivity contribution is 0.236. The first-order valence-electron chi connectivity index (χ1n) is 6.87. The van der Waals surface area contributed by atoms with Gasteiger partial charge in [-0.05, 0) is 31.6 Å². The van der Waals surface area contributed by atoms with E-state index in [4.69, 9.17) is 5.73 Å². The molecule has 3 nitrogen and oxygen atoms in total. The third kappa shape index (κ3) is 2.54. The number of aromatic nitrogens is 2. The molecule has 1 fully saturated rings. The Morgan fingerprint density at radius 1 is 1.41 bits per heavy atom. The first kappa shape index (κ1) is 12.6. The summed E-state index contributed by atoms with van der Waals surface area (Å²) in [6.07, 6.45) is 8.55. The molecule has 17 heavy (non-hydrogen) atoms. The van der Waals surface area contributed by atoms with Crippen molar-refractivity contribution < 1.29 is 0 Å². The molecule has 1 atom stereocenters. The monoisotopic (exact) mass is 235 g/mol. The van der Waals surface area contributed by atoms with Crippen molar-refractivity contribution in [2.45, 2.75) is 52.0 Å². The van der Waals surface area contributed by atoms with Gasteiger partial charge >= 0.3 is 0 Å². The van der Waals surface area contributed by atoms with Gasteiger partial charge in [0, 0.05) is 13.1 Å². The zero-order chi connectivity index (χ0) is 12.4. The summed E-state index contributed by atoms with van der Waals surface area (Å²) in [5.74, 6) is 2.64. The summed E-state index contributed by atoms with van der Waals surface area (Å²) in [6.45, 7) is 4.33. The van der Waals surface area contributed by atoms with E-state index in [1.165, 1.54) is 37.8 Å². The van der Waals surface area contributed by atoms with E-state index in [1.807, 2.05) is 13.1 Å². The zero-order valence-corrected chi connectivity index (χ0v) is 11.3. The molecule has 0 bridgehead atoms. The van der Waals surface area contributed by atoms with Gasteiger partial charge in [-0.2, -0.15) is 0 Å². The quantitative estimate of drug-likeness (QED) is 0.875. The summed E-state index contributed by atoms with van der Waals surface area (Å²) in [7, 11) is 2.06. The Bertz CT molecular complexity index is 362. The molecule has 0 aliphatic heterocycles. The predicted molar refractivity (Wildman–Crippen MR) is 70.6 cm³/mol. The van der Waals surface area contributed by atoms with Gasteiger partial charge in [-0.25, -0.2) is 4.98 Å². The van der Waals surface area contributed by atoms with E-state index in [1.54, 1.807) is 0 Å².